The normalized spacial score (nSPS) is 23.0. The van der Waals surface area contributed by atoms with Gasteiger partial charge in [-0.1, -0.05) is 63.2 Å². The van der Waals surface area contributed by atoms with Gasteiger partial charge in [-0.3, -0.25) is 19.2 Å². The lowest BCUT2D eigenvalue weighted by atomic mass is 9.64. The highest BCUT2D eigenvalue weighted by molar-refractivity contribution is 6.07. The van der Waals surface area contributed by atoms with Crippen LogP contribution in [0, 0.1) is 23.7 Å². The van der Waals surface area contributed by atoms with Gasteiger partial charge in [0.15, 0.2) is 0 Å². The van der Waals surface area contributed by atoms with E-state index in [1.165, 1.54) is 18.9 Å². The van der Waals surface area contributed by atoms with E-state index >= 15 is 0 Å². The van der Waals surface area contributed by atoms with Gasteiger partial charge in [-0.2, -0.15) is 0 Å². The van der Waals surface area contributed by atoms with Gasteiger partial charge >= 0.3 is 0 Å². The number of unbranched alkanes of at least 4 members (excludes halogenated alkanes) is 1. The lowest BCUT2D eigenvalue weighted by Gasteiger charge is -2.42. The molecule has 8 nitrogen and oxygen atoms in total. The molecule has 43 heavy (non-hydrogen) atoms. The summed E-state index contributed by atoms with van der Waals surface area (Å²) in [6.07, 6.45) is 9.14. The SMILES string of the molecule is C=CC(=O)NCCCC.CC1CC2CCC(C(=O)NCC(=O)N3CCN(C(=O)c4cccc5ccccc45)CC3)C(C1)C2. The van der Waals surface area contributed by atoms with Gasteiger partial charge in [-0.25, -0.2) is 0 Å². The van der Waals surface area contributed by atoms with Crippen LogP contribution in [0.1, 0.15) is 69.2 Å². The van der Waals surface area contributed by atoms with Gasteiger partial charge < -0.3 is 20.4 Å². The Morgan fingerprint density at radius 2 is 1.63 bits per heavy atom. The Kier molecular flexibility index (Phi) is 11.8. The molecule has 2 N–H and O–H groups in total. The average Bonchev–Trinajstić information content (AvgIpc) is 3.03. The molecule has 5 rings (SSSR count). The van der Waals surface area contributed by atoms with Gasteiger partial charge in [0.25, 0.3) is 5.91 Å². The lowest BCUT2D eigenvalue weighted by Crippen LogP contribution is -2.53. The maximum Gasteiger partial charge on any atom is 0.254 e. The van der Waals surface area contributed by atoms with Crippen molar-refractivity contribution in [3.63, 3.8) is 0 Å². The summed E-state index contributed by atoms with van der Waals surface area (Å²) in [5, 5.41) is 7.62. The summed E-state index contributed by atoms with van der Waals surface area (Å²) in [4.78, 5) is 52.9. The zero-order chi connectivity index (χ0) is 30.8. The van der Waals surface area contributed by atoms with Crippen molar-refractivity contribution in [1.29, 1.82) is 0 Å². The first-order valence-electron chi connectivity index (χ1n) is 16.0. The molecule has 2 bridgehead atoms. The number of rotatable bonds is 8. The van der Waals surface area contributed by atoms with Crippen LogP contribution in [0.5, 0.6) is 0 Å². The molecule has 2 aromatic rings. The number of carbonyl (C=O) groups excluding carboxylic acids is 4. The fourth-order valence-corrected chi connectivity index (χ4v) is 6.97. The van der Waals surface area contributed by atoms with E-state index in [4.69, 9.17) is 0 Å². The number of carbonyl (C=O) groups is 4. The summed E-state index contributed by atoms with van der Waals surface area (Å²) in [5.74, 6) is 1.94. The number of amides is 4. The summed E-state index contributed by atoms with van der Waals surface area (Å²) < 4.78 is 0. The molecule has 2 aliphatic carbocycles. The standard InChI is InChI=1S/C28H35N3O3.C7H13NO/c1-19-15-20-9-10-24(22(16-19)17-20)27(33)29-18-26(32)30-11-13-31(14-12-30)28(34)25-8-4-6-21-5-2-3-7-23(21)25;1-3-5-6-8-7(9)4-2/h2-8,19-20,22,24H,9-18H2,1H3,(H,29,33);4H,2-3,5-6H2,1H3,(H,8,9). The smallest absolute Gasteiger partial charge is 0.254 e. The van der Waals surface area contributed by atoms with Crippen molar-refractivity contribution in [3.8, 4) is 0 Å². The summed E-state index contributed by atoms with van der Waals surface area (Å²) in [6, 6.07) is 13.7. The van der Waals surface area contributed by atoms with E-state index < -0.39 is 0 Å². The Balaban J connectivity index is 0.000000410. The van der Waals surface area contributed by atoms with E-state index in [9.17, 15) is 19.2 Å². The summed E-state index contributed by atoms with van der Waals surface area (Å²) in [6.45, 7) is 10.5. The topological polar surface area (TPSA) is 98.8 Å². The minimum absolute atomic E-state index is 0.00881. The van der Waals surface area contributed by atoms with Crippen LogP contribution < -0.4 is 10.6 Å². The van der Waals surface area contributed by atoms with Crippen LogP contribution in [0.3, 0.4) is 0 Å². The molecule has 0 aromatic heterocycles. The molecular weight excluding hydrogens is 540 g/mol. The average molecular weight is 589 g/mol. The third kappa shape index (κ3) is 8.68. The number of benzene rings is 2. The van der Waals surface area contributed by atoms with Crippen molar-refractivity contribution >= 4 is 34.4 Å². The Morgan fingerprint density at radius 1 is 0.907 bits per heavy atom. The molecule has 3 aliphatic rings. The fourth-order valence-electron chi connectivity index (χ4n) is 6.97. The summed E-state index contributed by atoms with van der Waals surface area (Å²) in [7, 11) is 0. The largest absolute Gasteiger partial charge is 0.353 e. The molecule has 0 spiro atoms. The van der Waals surface area contributed by atoms with Crippen LogP contribution in [0.2, 0.25) is 0 Å². The summed E-state index contributed by atoms with van der Waals surface area (Å²) in [5.41, 5.74) is 0.705. The third-order valence-electron chi connectivity index (χ3n) is 9.24. The van der Waals surface area contributed by atoms with E-state index in [-0.39, 0.29) is 36.1 Å². The Hall–Kier alpha value is -3.68. The molecule has 232 valence electrons. The molecule has 4 amide bonds. The molecule has 1 saturated heterocycles. The molecule has 0 radical (unpaired) electrons. The van der Waals surface area contributed by atoms with Crippen LogP contribution in [0.15, 0.2) is 55.1 Å². The first kappa shape index (κ1) is 32.2. The Morgan fingerprint density at radius 3 is 2.37 bits per heavy atom. The van der Waals surface area contributed by atoms with Gasteiger partial charge in [0.2, 0.25) is 17.7 Å². The maximum absolute atomic E-state index is 13.2. The first-order valence-corrected chi connectivity index (χ1v) is 16.0. The predicted octanol–water partition coefficient (Wildman–Crippen LogP) is 4.79. The number of nitrogens with one attached hydrogen (secondary N) is 2. The highest BCUT2D eigenvalue weighted by atomic mass is 16.2. The molecule has 1 aliphatic heterocycles. The second kappa shape index (κ2) is 15.7. The van der Waals surface area contributed by atoms with Crippen LogP contribution in [0.25, 0.3) is 10.8 Å². The highest BCUT2D eigenvalue weighted by Crippen LogP contribution is 2.45. The predicted molar refractivity (Wildman–Crippen MR) is 170 cm³/mol. The highest BCUT2D eigenvalue weighted by Gasteiger charge is 2.39. The van der Waals surface area contributed by atoms with Crippen molar-refractivity contribution in [2.24, 2.45) is 23.7 Å². The van der Waals surface area contributed by atoms with E-state index in [0.717, 1.165) is 55.3 Å². The van der Waals surface area contributed by atoms with Gasteiger partial charge in [0, 0.05) is 44.2 Å². The molecular formula is C35H48N4O4. The number of nitrogens with zero attached hydrogens (tertiary/aromatic N) is 2. The van der Waals surface area contributed by atoms with Crippen molar-refractivity contribution in [2.75, 3.05) is 39.3 Å². The van der Waals surface area contributed by atoms with E-state index in [0.29, 0.717) is 43.6 Å². The van der Waals surface area contributed by atoms with Crippen LogP contribution in [-0.2, 0) is 14.4 Å². The molecule has 8 heteroatoms. The second-order valence-electron chi connectivity index (χ2n) is 12.4. The van der Waals surface area contributed by atoms with Crippen molar-refractivity contribution in [1.82, 2.24) is 20.4 Å². The Bertz CT molecular complexity index is 1280. The van der Waals surface area contributed by atoms with Crippen LogP contribution in [-0.4, -0.2) is 72.7 Å². The fraction of sp³-hybridized carbons (Fsp3) is 0.543. The number of fused-ring (bicyclic) bond motifs is 3. The number of hydrogen-bond acceptors (Lipinski definition) is 4. The monoisotopic (exact) mass is 588 g/mol. The zero-order valence-electron chi connectivity index (χ0n) is 25.9. The van der Waals surface area contributed by atoms with Crippen molar-refractivity contribution < 1.29 is 19.2 Å². The molecule has 2 aromatic carbocycles. The molecule has 3 fully saturated rings. The second-order valence-corrected chi connectivity index (χ2v) is 12.4. The molecule has 2 saturated carbocycles. The minimum atomic E-state index is -0.0801. The zero-order valence-corrected chi connectivity index (χ0v) is 25.9. The van der Waals surface area contributed by atoms with E-state index in [1.807, 2.05) is 47.4 Å². The van der Waals surface area contributed by atoms with E-state index in [1.54, 1.807) is 4.90 Å². The number of hydrogen-bond donors (Lipinski definition) is 2. The lowest BCUT2D eigenvalue weighted by molar-refractivity contribution is -0.136. The maximum atomic E-state index is 13.2. The third-order valence-corrected chi connectivity index (χ3v) is 9.24. The molecule has 4 atom stereocenters. The van der Waals surface area contributed by atoms with Gasteiger partial charge in [-0.05, 0) is 79.2 Å². The molecule has 4 unspecified atom stereocenters. The summed E-state index contributed by atoms with van der Waals surface area (Å²) >= 11 is 0. The van der Waals surface area contributed by atoms with E-state index in [2.05, 4.69) is 31.1 Å². The number of piperazine rings is 1. The van der Waals surface area contributed by atoms with Crippen molar-refractivity contribution in [3.05, 3.63) is 60.7 Å². The minimum Gasteiger partial charge on any atom is -0.353 e. The quantitative estimate of drug-likeness (QED) is 0.342. The Labute approximate surface area is 256 Å². The first-order chi connectivity index (χ1) is 20.8. The van der Waals surface area contributed by atoms with Gasteiger partial charge in [-0.15, -0.1) is 0 Å². The van der Waals surface area contributed by atoms with Crippen molar-refractivity contribution in [2.45, 2.75) is 58.8 Å². The van der Waals surface area contributed by atoms with Crippen LogP contribution in [0.4, 0.5) is 0 Å². The van der Waals surface area contributed by atoms with Gasteiger partial charge in [0.05, 0.1) is 6.54 Å². The molecule has 1 heterocycles. The van der Waals surface area contributed by atoms with Gasteiger partial charge in [0.1, 0.15) is 0 Å². The van der Waals surface area contributed by atoms with Crippen LogP contribution >= 0.6 is 0 Å².